The summed E-state index contributed by atoms with van der Waals surface area (Å²) >= 11 is 0. The molecule has 1 aliphatic carbocycles. The number of phenols is 1. The molecule has 0 aromatic heterocycles. The first-order valence-electron chi connectivity index (χ1n) is 6.66. The van der Waals surface area contributed by atoms with Crippen molar-refractivity contribution in [2.75, 3.05) is 0 Å². The number of hydrogen-bond acceptors (Lipinski definition) is 2. The van der Waals surface area contributed by atoms with Gasteiger partial charge in [0, 0.05) is 11.6 Å². The molecule has 3 heteroatoms. The van der Waals surface area contributed by atoms with Gasteiger partial charge in [-0.05, 0) is 56.2 Å². The van der Waals surface area contributed by atoms with Crippen LogP contribution >= 0.6 is 0 Å². The molecule has 98 valence electrons. The Morgan fingerprint density at radius 2 is 1.94 bits per heavy atom. The second-order valence-corrected chi connectivity index (χ2v) is 5.43. The van der Waals surface area contributed by atoms with E-state index in [9.17, 15) is 9.90 Å². The average molecular weight is 247 g/mol. The van der Waals surface area contributed by atoms with Gasteiger partial charge in [-0.2, -0.15) is 0 Å². The second kappa shape index (κ2) is 5.42. The third kappa shape index (κ3) is 3.03. The Balaban J connectivity index is 1.97. The van der Waals surface area contributed by atoms with Crippen molar-refractivity contribution in [1.82, 2.24) is 5.32 Å². The summed E-state index contributed by atoms with van der Waals surface area (Å²) in [6.45, 7) is 4.08. The first-order valence-corrected chi connectivity index (χ1v) is 6.66. The van der Waals surface area contributed by atoms with Gasteiger partial charge in [0.15, 0.2) is 0 Å². The van der Waals surface area contributed by atoms with Crippen LogP contribution in [0.15, 0.2) is 18.2 Å². The lowest BCUT2D eigenvalue weighted by Crippen LogP contribution is -2.37. The monoisotopic (exact) mass is 247 g/mol. The molecular weight excluding hydrogens is 226 g/mol. The van der Waals surface area contributed by atoms with Gasteiger partial charge in [0.05, 0.1) is 0 Å². The number of aryl methyl sites for hydroxylation is 1. The lowest BCUT2D eigenvalue weighted by Gasteiger charge is -2.26. The van der Waals surface area contributed by atoms with Gasteiger partial charge in [0.25, 0.3) is 5.91 Å². The number of carbonyl (C=O) groups excluding carboxylic acids is 1. The fourth-order valence-corrected chi connectivity index (χ4v) is 2.42. The Morgan fingerprint density at radius 1 is 1.28 bits per heavy atom. The Hall–Kier alpha value is -1.51. The highest BCUT2D eigenvalue weighted by Crippen LogP contribution is 2.24. The highest BCUT2D eigenvalue weighted by molar-refractivity contribution is 5.94. The van der Waals surface area contributed by atoms with E-state index in [2.05, 4.69) is 12.2 Å². The molecule has 1 amide bonds. The van der Waals surface area contributed by atoms with E-state index in [4.69, 9.17) is 0 Å². The number of aromatic hydroxyl groups is 1. The molecule has 0 aliphatic heterocycles. The Kier molecular flexibility index (Phi) is 3.90. The maximum Gasteiger partial charge on any atom is 0.251 e. The zero-order chi connectivity index (χ0) is 13.1. The van der Waals surface area contributed by atoms with Gasteiger partial charge in [-0.25, -0.2) is 0 Å². The molecule has 0 unspecified atom stereocenters. The van der Waals surface area contributed by atoms with E-state index < -0.39 is 0 Å². The maximum atomic E-state index is 12.0. The van der Waals surface area contributed by atoms with Crippen LogP contribution in [0.2, 0.25) is 0 Å². The summed E-state index contributed by atoms with van der Waals surface area (Å²) in [6.07, 6.45) is 4.49. The molecule has 3 nitrogen and oxygen atoms in total. The molecule has 0 heterocycles. The predicted molar refractivity (Wildman–Crippen MR) is 71.7 cm³/mol. The van der Waals surface area contributed by atoms with Crippen LogP contribution < -0.4 is 5.32 Å². The number of amides is 1. The number of phenolic OH excluding ortho intramolecular Hbond substituents is 1. The molecule has 0 atom stereocenters. The third-order valence-electron chi connectivity index (χ3n) is 3.82. The summed E-state index contributed by atoms with van der Waals surface area (Å²) in [5.41, 5.74) is 1.33. The maximum absolute atomic E-state index is 12.0. The van der Waals surface area contributed by atoms with Crippen LogP contribution in [0.3, 0.4) is 0 Å². The molecule has 0 radical (unpaired) electrons. The highest BCUT2D eigenvalue weighted by Gasteiger charge is 2.20. The zero-order valence-electron chi connectivity index (χ0n) is 11.1. The van der Waals surface area contributed by atoms with Crippen LogP contribution in [0, 0.1) is 12.8 Å². The van der Waals surface area contributed by atoms with Gasteiger partial charge in [-0.3, -0.25) is 4.79 Å². The SMILES string of the molecule is Cc1ccc(C(=O)NC2CCC(C)CC2)cc1O. The van der Waals surface area contributed by atoms with Crippen LogP contribution in [0.4, 0.5) is 0 Å². The average Bonchev–Trinajstić information content (AvgIpc) is 2.35. The molecule has 0 bridgehead atoms. The second-order valence-electron chi connectivity index (χ2n) is 5.43. The van der Waals surface area contributed by atoms with E-state index in [0.717, 1.165) is 24.3 Å². The predicted octanol–water partition coefficient (Wildman–Crippen LogP) is 3.01. The van der Waals surface area contributed by atoms with Crippen LogP contribution in [0.5, 0.6) is 5.75 Å². The molecule has 1 aromatic carbocycles. The van der Waals surface area contributed by atoms with Crippen LogP contribution in [-0.2, 0) is 0 Å². The summed E-state index contributed by atoms with van der Waals surface area (Å²) in [6, 6.07) is 5.36. The van der Waals surface area contributed by atoms with Gasteiger partial charge in [-0.1, -0.05) is 13.0 Å². The van der Waals surface area contributed by atoms with E-state index in [1.807, 2.05) is 6.92 Å². The van der Waals surface area contributed by atoms with Crippen molar-refractivity contribution in [3.8, 4) is 5.75 Å². The number of carbonyl (C=O) groups is 1. The first kappa shape index (κ1) is 12.9. The molecule has 1 aromatic rings. The summed E-state index contributed by atoms with van der Waals surface area (Å²) in [5, 5.41) is 12.7. The quantitative estimate of drug-likeness (QED) is 0.844. The van der Waals surface area contributed by atoms with Crippen molar-refractivity contribution in [2.24, 2.45) is 5.92 Å². The molecular formula is C15H21NO2. The van der Waals surface area contributed by atoms with Gasteiger partial charge in [-0.15, -0.1) is 0 Å². The van der Waals surface area contributed by atoms with E-state index in [1.54, 1.807) is 12.1 Å². The minimum Gasteiger partial charge on any atom is -0.508 e. The molecule has 1 fully saturated rings. The van der Waals surface area contributed by atoms with Crippen molar-refractivity contribution in [1.29, 1.82) is 0 Å². The minimum atomic E-state index is -0.0788. The van der Waals surface area contributed by atoms with Gasteiger partial charge < -0.3 is 10.4 Å². The lowest BCUT2D eigenvalue weighted by molar-refractivity contribution is 0.0922. The molecule has 0 saturated heterocycles. The smallest absolute Gasteiger partial charge is 0.251 e. The van der Waals surface area contributed by atoms with Crippen molar-refractivity contribution in [2.45, 2.75) is 45.6 Å². The van der Waals surface area contributed by atoms with Crippen molar-refractivity contribution in [3.63, 3.8) is 0 Å². The van der Waals surface area contributed by atoms with E-state index in [-0.39, 0.29) is 17.7 Å². The first-order chi connectivity index (χ1) is 8.56. The third-order valence-corrected chi connectivity index (χ3v) is 3.82. The molecule has 0 spiro atoms. The van der Waals surface area contributed by atoms with Crippen molar-refractivity contribution < 1.29 is 9.90 Å². The fourth-order valence-electron chi connectivity index (χ4n) is 2.42. The normalized spacial score (nSPS) is 23.7. The topological polar surface area (TPSA) is 49.3 Å². The Morgan fingerprint density at radius 3 is 2.56 bits per heavy atom. The van der Waals surface area contributed by atoms with Gasteiger partial charge in [0.1, 0.15) is 5.75 Å². The number of hydrogen-bond donors (Lipinski definition) is 2. The lowest BCUT2D eigenvalue weighted by atomic mass is 9.87. The van der Waals surface area contributed by atoms with Crippen LogP contribution in [0.25, 0.3) is 0 Å². The largest absolute Gasteiger partial charge is 0.508 e. The number of benzene rings is 1. The summed E-state index contributed by atoms with van der Waals surface area (Å²) in [4.78, 5) is 12.0. The summed E-state index contributed by atoms with van der Waals surface area (Å²) in [7, 11) is 0. The molecule has 2 N–H and O–H groups in total. The van der Waals surface area contributed by atoms with Crippen molar-refractivity contribution >= 4 is 5.91 Å². The zero-order valence-corrected chi connectivity index (χ0v) is 11.1. The standard InChI is InChI=1S/C15H21NO2/c1-10-3-7-13(8-4-10)16-15(18)12-6-5-11(2)14(17)9-12/h5-6,9-10,13,17H,3-4,7-8H2,1-2H3,(H,16,18). The number of nitrogens with one attached hydrogen (secondary N) is 1. The molecule has 2 rings (SSSR count). The van der Waals surface area contributed by atoms with Gasteiger partial charge >= 0.3 is 0 Å². The number of rotatable bonds is 2. The fraction of sp³-hybridized carbons (Fsp3) is 0.533. The van der Waals surface area contributed by atoms with Gasteiger partial charge in [0.2, 0.25) is 0 Å². The Labute approximate surface area is 108 Å². The Bertz CT molecular complexity index is 434. The van der Waals surface area contributed by atoms with E-state index in [0.29, 0.717) is 5.56 Å². The summed E-state index contributed by atoms with van der Waals surface area (Å²) < 4.78 is 0. The van der Waals surface area contributed by atoms with E-state index >= 15 is 0 Å². The summed E-state index contributed by atoms with van der Waals surface area (Å²) in [5.74, 6) is 0.881. The molecule has 1 aliphatic rings. The van der Waals surface area contributed by atoms with Crippen LogP contribution in [0.1, 0.15) is 48.5 Å². The van der Waals surface area contributed by atoms with Crippen LogP contribution in [-0.4, -0.2) is 17.1 Å². The highest BCUT2D eigenvalue weighted by atomic mass is 16.3. The molecule has 1 saturated carbocycles. The minimum absolute atomic E-state index is 0.0788. The van der Waals surface area contributed by atoms with E-state index in [1.165, 1.54) is 18.9 Å². The molecule has 18 heavy (non-hydrogen) atoms. The van der Waals surface area contributed by atoms with Crippen molar-refractivity contribution in [3.05, 3.63) is 29.3 Å².